The molecular weight excluding hydrogens is 428 g/mol. The zero-order valence-electron chi connectivity index (χ0n) is 22.1. The van der Waals surface area contributed by atoms with Crippen molar-refractivity contribution in [3.63, 3.8) is 0 Å². The van der Waals surface area contributed by atoms with Crippen molar-refractivity contribution < 1.29 is 0 Å². The Kier molecular flexibility index (Phi) is 17.8. The third-order valence-electron chi connectivity index (χ3n) is 4.91. The Bertz CT molecular complexity index is 1000. The maximum Gasteiger partial charge on any atom is 0.0320 e. The largest absolute Gasteiger partial charge is 0.183 e. The number of hydrogen-bond acceptors (Lipinski definition) is 1. The smallest absolute Gasteiger partial charge is 0.0320 e. The average Bonchev–Trinajstić information content (AvgIpc) is 2.90. The van der Waals surface area contributed by atoms with Crippen molar-refractivity contribution in [2.45, 2.75) is 54.4 Å². The molecule has 0 bridgehead atoms. The minimum absolute atomic E-state index is 0.882. The molecule has 0 aliphatic heterocycles. The Balaban J connectivity index is 0.00000258. The van der Waals surface area contributed by atoms with Gasteiger partial charge in [-0.2, -0.15) is 12.6 Å². The van der Waals surface area contributed by atoms with E-state index < -0.39 is 0 Å². The lowest BCUT2D eigenvalue weighted by molar-refractivity contribution is 1.14. The first-order valence-corrected chi connectivity index (χ1v) is 13.0. The molecule has 0 N–H and O–H groups in total. The molecule has 2 rings (SSSR count). The Hall–Kier alpha value is -2.95. The molecule has 0 nitrogen and oxygen atoms in total. The Morgan fingerprint density at radius 1 is 0.941 bits per heavy atom. The highest BCUT2D eigenvalue weighted by atomic mass is 32.1. The maximum absolute atomic E-state index is 5.83. The van der Waals surface area contributed by atoms with Crippen LogP contribution in [0, 0.1) is 12.3 Å². The normalized spacial score (nSPS) is 12.0. The van der Waals surface area contributed by atoms with E-state index in [9.17, 15) is 0 Å². The van der Waals surface area contributed by atoms with Gasteiger partial charge in [0.1, 0.15) is 0 Å². The van der Waals surface area contributed by atoms with Crippen molar-refractivity contribution in [1.29, 1.82) is 0 Å². The molecule has 0 saturated heterocycles. The average molecular weight is 471 g/mol. The van der Waals surface area contributed by atoms with Crippen LogP contribution in [-0.2, 0) is 6.42 Å². The van der Waals surface area contributed by atoms with Crippen molar-refractivity contribution in [3.8, 4) is 12.3 Å². The number of aryl methyl sites for hydroxylation is 1. The first-order valence-electron chi connectivity index (χ1n) is 12.1. The Labute approximate surface area is 215 Å². The van der Waals surface area contributed by atoms with E-state index in [4.69, 9.17) is 6.42 Å². The summed E-state index contributed by atoms with van der Waals surface area (Å²) in [6.45, 7) is 12.5. The summed E-state index contributed by atoms with van der Waals surface area (Å²) in [6, 6.07) is 17.2. The molecule has 0 atom stereocenters. The molecule has 180 valence electrons. The van der Waals surface area contributed by atoms with E-state index >= 15 is 0 Å². The molecule has 2 aromatic carbocycles. The first kappa shape index (κ1) is 31.0. The fourth-order valence-corrected chi connectivity index (χ4v) is 3.13. The van der Waals surface area contributed by atoms with Crippen LogP contribution in [0.25, 0.3) is 17.2 Å². The lowest BCUT2D eigenvalue weighted by Crippen LogP contribution is -1.86. The van der Waals surface area contributed by atoms with Gasteiger partial charge < -0.3 is 0 Å². The topological polar surface area (TPSA) is 0 Å². The van der Waals surface area contributed by atoms with Gasteiger partial charge in [-0.1, -0.05) is 119 Å². The van der Waals surface area contributed by atoms with Gasteiger partial charge >= 0.3 is 0 Å². The molecule has 0 aliphatic rings. The summed E-state index contributed by atoms with van der Waals surface area (Å²) in [5, 5.41) is 0. The van der Waals surface area contributed by atoms with Crippen molar-refractivity contribution in [2.24, 2.45) is 0 Å². The zero-order chi connectivity index (χ0) is 25.8. The lowest BCUT2D eigenvalue weighted by Gasteiger charge is -2.06. The first-order chi connectivity index (χ1) is 16.6. The van der Waals surface area contributed by atoms with Crippen LogP contribution in [0.15, 0.2) is 90.6 Å². The van der Waals surface area contributed by atoms with E-state index in [1.54, 1.807) is 6.26 Å². The van der Waals surface area contributed by atoms with Crippen LogP contribution in [0.5, 0.6) is 0 Å². The maximum atomic E-state index is 5.83. The molecule has 0 radical (unpaired) electrons. The molecule has 0 saturated carbocycles. The fraction of sp³-hybridized carbons (Fsp3) is 0.273. The Morgan fingerprint density at radius 3 is 2.03 bits per heavy atom. The second-order valence-electron chi connectivity index (χ2n) is 7.21. The minimum Gasteiger partial charge on any atom is -0.183 e. The molecule has 0 heterocycles. The standard InChI is InChI=1S/C30H32.C2H6.CH4S/c1-6-10-11-13-26(12-7-2)23-28(9-4)30-20-18-29(19-21-30)24(5)22-27-16-14-25(8-3)15-17-27;2*1-2/h4,7,10-23H,6,8H2,1-3,5H3;1-2H3;2H,1H3/b11-10+,12-7-,24-22+,26-13+,28-23+;;. The van der Waals surface area contributed by atoms with E-state index in [1.807, 2.05) is 26.8 Å². The minimum atomic E-state index is 0.882. The van der Waals surface area contributed by atoms with Crippen molar-refractivity contribution in [1.82, 2.24) is 0 Å². The SMILES string of the molecule is C#C\C(=C/C(/C=C\C)=C/C=C/CC)c1ccc(/C(C)=C/c2ccc(CC)cc2)cc1.CC.CS. The van der Waals surface area contributed by atoms with E-state index in [0.29, 0.717) is 0 Å². The van der Waals surface area contributed by atoms with Crippen LogP contribution in [0.3, 0.4) is 0 Å². The number of allylic oxidation sites excluding steroid dienone is 9. The molecule has 0 aromatic heterocycles. The number of thiol groups is 1. The van der Waals surface area contributed by atoms with E-state index in [1.165, 1.54) is 22.3 Å². The van der Waals surface area contributed by atoms with Crippen LogP contribution < -0.4 is 0 Å². The monoisotopic (exact) mass is 470 g/mol. The molecule has 0 fully saturated rings. The van der Waals surface area contributed by atoms with Gasteiger partial charge in [0.2, 0.25) is 0 Å². The van der Waals surface area contributed by atoms with Gasteiger partial charge in [-0.3, -0.25) is 0 Å². The third kappa shape index (κ3) is 11.3. The van der Waals surface area contributed by atoms with Gasteiger partial charge in [-0.05, 0) is 72.4 Å². The summed E-state index contributed by atoms with van der Waals surface area (Å²) in [5.41, 5.74) is 8.04. The van der Waals surface area contributed by atoms with Gasteiger partial charge in [0.15, 0.2) is 0 Å². The number of rotatable bonds is 8. The summed E-state index contributed by atoms with van der Waals surface area (Å²) < 4.78 is 0. The molecule has 1 heteroatoms. The highest BCUT2D eigenvalue weighted by Crippen LogP contribution is 2.22. The predicted molar refractivity (Wildman–Crippen MR) is 161 cm³/mol. The highest BCUT2D eigenvalue weighted by molar-refractivity contribution is 7.79. The molecule has 0 unspecified atom stereocenters. The number of hydrogen-bond donors (Lipinski definition) is 1. The molecular formula is C33H42S. The van der Waals surface area contributed by atoms with E-state index in [0.717, 1.165) is 29.6 Å². The summed E-state index contributed by atoms with van der Waals surface area (Å²) in [6.07, 6.45) is 24.3. The van der Waals surface area contributed by atoms with Gasteiger partial charge in [0, 0.05) is 5.57 Å². The number of terminal acetylenes is 1. The van der Waals surface area contributed by atoms with Crippen LogP contribution in [0.1, 0.15) is 70.2 Å². The summed E-state index contributed by atoms with van der Waals surface area (Å²) in [5.74, 6) is 2.84. The molecule has 0 amide bonds. The van der Waals surface area contributed by atoms with E-state index in [-0.39, 0.29) is 0 Å². The molecule has 34 heavy (non-hydrogen) atoms. The summed E-state index contributed by atoms with van der Waals surface area (Å²) in [7, 11) is 0. The number of benzene rings is 2. The quantitative estimate of drug-likeness (QED) is 0.169. The Morgan fingerprint density at radius 2 is 1.53 bits per heavy atom. The second kappa shape index (κ2) is 19.5. The molecule has 0 aliphatic carbocycles. The van der Waals surface area contributed by atoms with Crippen LogP contribution in [0.4, 0.5) is 0 Å². The second-order valence-corrected chi connectivity index (χ2v) is 7.21. The van der Waals surface area contributed by atoms with Gasteiger partial charge in [0.05, 0.1) is 0 Å². The molecule has 2 aromatic rings. The van der Waals surface area contributed by atoms with Gasteiger partial charge in [-0.15, -0.1) is 6.42 Å². The van der Waals surface area contributed by atoms with Gasteiger partial charge in [0.25, 0.3) is 0 Å². The van der Waals surface area contributed by atoms with Gasteiger partial charge in [-0.25, -0.2) is 0 Å². The van der Waals surface area contributed by atoms with Crippen LogP contribution in [-0.4, -0.2) is 6.26 Å². The lowest BCUT2D eigenvalue weighted by atomic mass is 9.98. The molecule has 0 spiro atoms. The zero-order valence-corrected chi connectivity index (χ0v) is 23.0. The van der Waals surface area contributed by atoms with Crippen molar-refractivity contribution >= 4 is 29.9 Å². The highest BCUT2D eigenvalue weighted by Gasteiger charge is 2.02. The van der Waals surface area contributed by atoms with Crippen molar-refractivity contribution in [2.75, 3.05) is 6.26 Å². The van der Waals surface area contributed by atoms with Crippen LogP contribution in [0.2, 0.25) is 0 Å². The van der Waals surface area contributed by atoms with Crippen LogP contribution >= 0.6 is 12.6 Å². The predicted octanol–water partition coefficient (Wildman–Crippen LogP) is 9.87. The third-order valence-corrected chi connectivity index (χ3v) is 4.91. The van der Waals surface area contributed by atoms with E-state index in [2.05, 4.69) is 124 Å². The van der Waals surface area contributed by atoms with Crippen molar-refractivity contribution in [3.05, 3.63) is 113 Å². The fourth-order valence-electron chi connectivity index (χ4n) is 3.13. The summed E-state index contributed by atoms with van der Waals surface area (Å²) in [4.78, 5) is 0. The summed E-state index contributed by atoms with van der Waals surface area (Å²) >= 11 is 3.53.